The number of nitrogens with one attached hydrogen (secondary N) is 1. The summed E-state index contributed by atoms with van der Waals surface area (Å²) < 4.78 is 0. The Morgan fingerprint density at radius 1 is 0.769 bits per heavy atom. The lowest BCUT2D eigenvalue weighted by molar-refractivity contribution is 0.457. The number of H-pyrrole nitrogens is 1. The number of fused-ring (bicyclic) bond motifs is 1. The lowest BCUT2D eigenvalue weighted by atomic mass is 10.2. The van der Waals surface area contributed by atoms with Crippen LogP contribution in [0.3, 0.4) is 0 Å². The maximum absolute atomic E-state index is 10.3. The Hall–Kier alpha value is -4.01. The van der Waals surface area contributed by atoms with Crippen molar-refractivity contribution in [3.63, 3.8) is 0 Å². The van der Waals surface area contributed by atoms with Crippen LogP contribution in [0.1, 0.15) is 0 Å². The Balaban J connectivity index is 2.06. The number of benzene rings is 2. The van der Waals surface area contributed by atoms with Crippen molar-refractivity contribution < 1.29 is 20.4 Å². The summed E-state index contributed by atoms with van der Waals surface area (Å²) in [4.78, 5) is 16.6. The van der Waals surface area contributed by atoms with Gasteiger partial charge >= 0.3 is 0 Å². The second-order valence-electron chi connectivity index (χ2n) is 5.48. The zero-order valence-corrected chi connectivity index (χ0v) is 13.2. The first-order valence-electron chi connectivity index (χ1n) is 7.53. The lowest BCUT2D eigenvalue weighted by Gasteiger charge is -2.25. The van der Waals surface area contributed by atoms with E-state index < -0.39 is 0 Å². The number of aromatic nitrogens is 4. The average Bonchev–Trinajstić information content (AvgIpc) is 3.10. The number of rotatable bonds is 3. The number of phenols is 4. The molecule has 0 aliphatic carbocycles. The molecule has 2 heterocycles. The van der Waals surface area contributed by atoms with Gasteiger partial charge in [0.25, 0.3) is 0 Å². The van der Waals surface area contributed by atoms with Crippen LogP contribution in [-0.4, -0.2) is 40.4 Å². The second-order valence-corrected chi connectivity index (χ2v) is 5.48. The molecule has 5 N–H and O–H groups in total. The fraction of sp³-hybridized carbons (Fsp3) is 0. The van der Waals surface area contributed by atoms with Gasteiger partial charge in [-0.2, -0.15) is 0 Å². The fourth-order valence-electron chi connectivity index (χ4n) is 2.66. The van der Waals surface area contributed by atoms with Gasteiger partial charge in [-0.25, -0.2) is 15.0 Å². The molecular weight excluding hydrogens is 338 g/mol. The SMILES string of the molecule is Oc1ccc(O)c(N(c2cc(O)ccc2O)c2ncnc3nc[nH]c23)c1. The molecule has 0 atom stereocenters. The summed E-state index contributed by atoms with van der Waals surface area (Å²) in [6.07, 6.45) is 2.72. The van der Waals surface area contributed by atoms with Gasteiger partial charge in [0.15, 0.2) is 11.5 Å². The molecule has 4 aromatic rings. The Kier molecular flexibility index (Phi) is 3.47. The number of hydrogen-bond donors (Lipinski definition) is 5. The first-order chi connectivity index (χ1) is 12.5. The molecule has 130 valence electrons. The Labute approximate surface area is 146 Å². The minimum Gasteiger partial charge on any atom is -0.508 e. The molecule has 0 fully saturated rings. The van der Waals surface area contributed by atoms with Gasteiger partial charge < -0.3 is 25.4 Å². The van der Waals surface area contributed by atoms with E-state index in [4.69, 9.17) is 0 Å². The summed E-state index contributed by atoms with van der Waals surface area (Å²) in [6, 6.07) is 7.88. The van der Waals surface area contributed by atoms with Crippen molar-refractivity contribution in [1.82, 2.24) is 19.9 Å². The Bertz CT molecular complexity index is 1060. The molecule has 0 radical (unpaired) electrons. The van der Waals surface area contributed by atoms with Crippen LogP contribution in [0.5, 0.6) is 23.0 Å². The first-order valence-corrected chi connectivity index (χ1v) is 7.53. The predicted molar refractivity (Wildman–Crippen MR) is 93.0 cm³/mol. The smallest absolute Gasteiger partial charge is 0.182 e. The summed E-state index contributed by atoms with van der Waals surface area (Å²) in [6.45, 7) is 0. The number of phenolic OH excluding ortho intramolecular Hbond substituents is 4. The van der Waals surface area contributed by atoms with E-state index in [1.54, 1.807) is 0 Å². The highest BCUT2D eigenvalue weighted by molar-refractivity contribution is 5.93. The van der Waals surface area contributed by atoms with Gasteiger partial charge in [0, 0.05) is 12.1 Å². The van der Waals surface area contributed by atoms with E-state index in [-0.39, 0.29) is 40.2 Å². The predicted octanol–water partition coefficient (Wildman–Crippen LogP) is 2.65. The minimum atomic E-state index is -0.170. The lowest BCUT2D eigenvalue weighted by Crippen LogP contribution is -2.13. The Morgan fingerprint density at radius 2 is 1.38 bits per heavy atom. The van der Waals surface area contributed by atoms with Gasteiger partial charge in [0.1, 0.15) is 34.8 Å². The maximum atomic E-state index is 10.3. The Morgan fingerprint density at radius 3 is 2.00 bits per heavy atom. The molecule has 0 aliphatic heterocycles. The summed E-state index contributed by atoms with van der Waals surface area (Å²) >= 11 is 0. The fourth-order valence-corrected chi connectivity index (χ4v) is 2.66. The highest BCUT2D eigenvalue weighted by Gasteiger charge is 2.24. The molecule has 4 rings (SSSR count). The van der Waals surface area contributed by atoms with E-state index in [2.05, 4.69) is 19.9 Å². The summed E-state index contributed by atoms with van der Waals surface area (Å²) in [5.41, 5.74) is 1.10. The van der Waals surface area contributed by atoms with E-state index in [1.807, 2.05) is 0 Å². The van der Waals surface area contributed by atoms with Gasteiger partial charge in [0.05, 0.1) is 17.7 Å². The number of anilines is 3. The quantitative estimate of drug-likeness (QED) is 0.355. The van der Waals surface area contributed by atoms with Gasteiger partial charge in [-0.05, 0) is 24.3 Å². The first kappa shape index (κ1) is 15.5. The van der Waals surface area contributed by atoms with Crippen LogP contribution in [0.2, 0.25) is 0 Å². The molecule has 26 heavy (non-hydrogen) atoms. The molecular formula is C17H13N5O4. The minimum absolute atomic E-state index is 0.0997. The van der Waals surface area contributed by atoms with Crippen LogP contribution in [0.15, 0.2) is 49.1 Å². The maximum Gasteiger partial charge on any atom is 0.182 e. The van der Waals surface area contributed by atoms with Crippen LogP contribution in [-0.2, 0) is 0 Å². The van der Waals surface area contributed by atoms with Gasteiger partial charge in [-0.15, -0.1) is 0 Å². The highest BCUT2D eigenvalue weighted by Crippen LogP contribution is 2.45. The molecule has 0 unspecified atom stereocenters. The van der Waals surface area contributed by atoms with Crippen molar-refractivity contribution in [3.05, 3.63) is 49.1 Å². The van der Waals surface area contributed by atoms with Crippen molar-refractivity contribution in [2.24, 2.45) is 0 Å². The molecule has 9 nitrogen and oxygen atoms in total. The zero-order valence-electron chi connectivity index (χ0n) is 13.2. The van der Waals surface area contributed by atoms with Crippen LogP contribution in [0, 0.1) is 0 Å². The van der Waals surface area contributed by atoms with Crippen molar-refractivity contribution in [3.8, 4) is 23.0 Å². The van der Waals surface area contributed by atoms with E-state index in [1.165, 1.54) is 54.0 Å². The van der Waals surface area contributed by atoms with Crippen molar-refractivity contribution in [2.75, 3.05) is 4.90 Å². The molecule has 0 bridgehead atoms. The van der Waals surface area contributed by atoms with Crippen LogP contribution in [0.4, 0.5) is 17.2 Å². The van der Waals surface area contributed by atoms with Crippen LogP contribution >= 0.6 is 0 Å². The van der Waals surface area contributed by atoms with E-state index in [0.29, 0.717) is 11.2 Å². The van der Waals surface area contributed by atoms with E-state index >= 15 is 0 Å². The van der Waals surface area contributed by atoms with E-state index in [9.17, 15) is 20.4 Å². The topological polar surface area (TPSA) is 139 Å². The molecule has 2 aromatic heterocycles. The highest BCUT2D eigenvalue weighted by atomic mass is 16.3. The number of aromatic amines is 1. The standard InChI is InChI=1S/C17H13N5O4/c23-9-1-3-13(25)11(5-9)22(12-6-10(24)2-4-14(12)26)17-15-16(19-7-18-15)20-8-21-17/h1-8,23-26H,(H,18,19,20,21). The third kappa shape index (κ3) is 2.47. The number of hydrogen-bond acceptors (Lipinski definition) is 8. The monoisotopic (exact) mass is 351 g/mol. The molecule has 2 aromatic carbocycles. The number of aromatic hydroxyl groups is 4. The summed E-state index contributed by atoms with van der Waals surface area (Å²) in [5, 5.41) is 40.4. The average molecular weight is 351 g/mol. The third-order valence-corrected chi connectivity index (χ3v) is 3.81. The molecule has 0 aliphatic rings. The van der Waals surface area contributed by atoms with Crippen LogP contribution < -0.4 is 4.90 Å². The van der Waals surface area contributed by atoms with Crippen molar-refractivity contribution in [1.29, 1.82) is 0 Å². The van der Waals surface area contributed by atoms with Gasteiger partial charge in [-0.1, -0.05) is 0 Å². The van der Waals surface area contributed by atoms with Crippen molar-refractivity contribution >= 4 is 28.4 Å². The third-order valence-electron chi connectivity index (χ3n) is 3.81. The van der Waals surface area contributed by atoms with Crippen molar-refractivity contribution in [2.45, 2.75) is 0 Å². The summed E-state index contributed by atoms with van der Waals surface area (Å²) in [5.74, 6) is -0.280. The van der Waals surface area contributed by atoms with Gasteiger partial charge in [-0.3, -0.25) is 4.90 Å². The largest absolute Gasteiger partial charge is 0.508 e. The molecule has 0 spiro atoms. The number of imidazole rings is 1. The molecule has 9 heteroatoms. The number of nitrogens with zero attached hydrogens (tertiary/aromatic N) is 4. The summed E-state index contributed by atoms with van der Waals surface area (Å²) in [7, 11) is 0. The van der Waals surface area contributed by atoms with E-state index in [0.717, 1.165) is 0 Å². The zero-order chi connectivity index (χ0) is 18.3. The molecule has 0 amide bonds. The normalized spacial score (nSPS) is 10.9. The van der Waals surface area contributed by atoms with Crippen LogP contribution in [0.25, 0.3) is 11.2 Å². The van der Waals surface area contributed by atoms with Gasteiger partial charge in [0.2, 0.25) is 0 Å². The molecule has 0 saturated heterocycles. The second kappa shape index (κ2) is 5.81. The molecule has 0 saturated carbocycles.